The number of carbonyl (C=O) groups is 2. The van der Waals surface area contributed by atoms with E-state index in [0.29, 0.717) is 12.2 Å². The van der Waals surface area contributed by atoms with Crippen molar-refractivity contribution in [3.63, 3.8) is 0 Å². The van der Waals surface area contributed by atoms with Crippen molar-refractivity contribution in [2.75, 3.05) is 19.8 Å². The fraction of sp³-hybridized carbons (Fsp3) is 0.385. The number of morpholine rings is 1. The molecule has 2 rings (SSSR count). The molecule has 1 heterocycles. The van der Waals surface area contributed by atoms with Crippen LogP contribution in [0.5, 0.6) is 0 Å². The molecule has 1 aliphatic rings. The molecule has 0 radical (unpaired) electrons. The van der Waals surface area contributed by atoms with Crippen LogP contribution < -0.4 is 5.73 Å². The number of hydrogen-bond donors (Lipinski definition) is 2. The maximum Gasteiger partial charge on any atom is 0.328 e. The van der Waals surface area contributed by atoms with E-state index >= 15 is 0 Å². The number of rotatable bonds is 3. The first-order chi connectivity index (χ1) is 9.11. The summed E-state index contributed by atoms with van der Waals surface area (Å²) >= 11 is 0. The fourth-order valence-electron chi connectivity index (χ4n) is 2.05. The van der Waals surface area contributed by atoms with Gasteiger partial charge in [-0.3, -0.25) is 4.79 Å². The van der Waals surface area contributed by atoms with Gasteiger partial charge in [0.1, 0.15) is 6.04 Å². The van der Waals surface area contributed by atoms with E-state index in [1.165, 1.54) is 4.90 Å². The lowest BCUT2D eigenvalue weighted by Gasteiger charge is -2.34. The van der Waals surface area contributed by atoms with Crippen LogP contribution in [0.1, 0.15) is 11.6 Å². The molecule has 2 atom stereocenters. The number of amides is 1. The second-order valence-corrected chi connectivity index (χ2v) is 4.35. The molecule has 2 unspecified atom stereocenters. The quantitative estimate of drug-likeness (QED) is 0.801. The lowest BCUT2D eigenvalue weighted by Crippen LogP contribution is -2.54. The highest BCUT2D eigenvalue weighted by atomic mass is 16.5. The first-order valence-electron chi connectivity index (χ1n) is 6.03. The van der Waals surface area contributed by atoms with Crippen LogP contribution in [0.2, 0.25) is 0 Å². The summed E-state index contributed by atoms with van der Waals surface area (Å²) in [5, 5.41) is 9.10. The van der Waals surface area contributed by atoms with E-state index in [4.69, 9.17) is 15.6 Å². The number of carboxylic acid groups (broad SMARTS) is 1. The van der Waals surface area contributed by atoms with E-state index in [1.54, 1.807) is 24.3 Å². The number of hydrogen-bond acceptors (Lipinski definition) is 4. The van der Waals surface area contributed by atoms with Crippen molar-refractivity contribution >= 4 is 11.9 Å². The number of nitrogens with zero attached hydrogens (tertiary/aromatic N) is 1. The average molecular weight is 264 g/mol. The summed E-state index contributed by atoms with van der Waals surface area (Å²) in [6.07, 6.45) is 0. The first kappa shape index (κ1) is 13.5. The van der Waals surface area contributed by atoms with Crippen LogP contribution in [0.3, 0.4) is 0 Å². The van der Waals surface area contributed by atoms with Crippen LogP contribution in [0.15, 0.2) is 30.3 Å². The summed E-state index contributed by atoms with van der Waals surface area (Å²) in [5.74, 6) is -1.46. The molecule has 0 saturated carbocycles. The fourth-order valence-corrected chi connectivity index (χ4v) is 2.05. The minimum Gasteiger partial charge on any atom is -0.480 e. The second-order valence-electron chi connectivity index (χ2n) is 4.35. The summed E-state index contributed by atoms with van der Waals surface area (Å²) in [6, 6.07) is 7.09. The second kappa shape index (κ2) is 5.81. The number of carboxylic acids is 1. The maximum atomic E-state index is 12.3. The monoisotopic (exact) mass is 264 g/mol. The Morgan fingerprint density at radius 3 is 2.68 bits per heavy atom. The lowest BCUT2D eigenvalue weighted by atomic mass is 10.1. The van der Waals surface area contributed by atoms with Gasteiger partial charge in [0.25, 0.3) is 0 Å². The van der Waals surface area contributed by atoms with Crippen LogP contribution in [0, 0.1) is 0 Å². The van der Waals surface area contributed by atoms with Crippen LogP contribution in [0.25, 0.3) is 0 Å². The van der Waals surface area contributed by atoms with Crippen molar-refractivity contribution in [3.8, 4) is 0 Å². The lowest BCUT2D eigenvalue weighted by molar-refractivity contribution is -0.159. The standard InChI is InChI=1S/C13H16N2O4/c14-11(9-4-2-1-3-5-9)12(16)15-6-7-19-8-10(15)13(17)18/h1-5,10-11H,6-8,14H2,(H,17,18). The van der Waals surface area contributed by atoms with Crippen molar-refractivity contribution in [3.05, 3.63) is 35.9 Å². The third-order valence-corrected chi connectivity index (χ3v) is 3.12. The number of nitrogens with two attached hydrogens (primary N) is 1. The number of aliphatic carboxylic acids is 1. The van der Waals surface area contributed by atoms with Gasteiger partial charge in [0.15, 0.2) is 6.04 Å². The minimum absolute atomic E-state index is 0.00256. The van der Waals surface area contributed by atoms with E-state index in [2.05, 4.69) is 0 Å². The zero-order valence-electron chi connectivity index (χ0n) is 10.4. The van der Waals surface area contributed by atoms with Crippen molar-refractivity contribution in [1.29, 1.82) is 0 Å². The van der Waals surface area contributed by atoms with E-state index in [1.807, 2.05) is 6.07 Å². The zero-order chi connectivity index (χ0) is 13.8. The van der Waals surface area contributed by atoms with Crippen LogP contribution >= 0.6 is 0 Å². The van der Waals surface area contributed by atoms with Crippen LogP contribution in [-0.4, -0.2) is 47.7 Å². The Balaban J connectivity index is 2.15. The van der Waals surface area contributed by atoms with E-state index < -0.39 is 18.1 Å². The summed E-state index contributed by atoms with van der Waals surface area (Å²) < 4.78 is 5.09. The molecule has 0 aliphatic carbocycles. The van der Waals surface area contributed by atoms with Crippen LogP contribution in [-0.2, 0) is 14.3 Å². The van der Waals surface area contributed by atoms with Crippen molar-refractivity contribution in [2.45, 2.75) is 12.1 Å². The summed E-state index contributed by atoms with van der Waals surface area (Å²) in [7, 11) is 0. The molecule has 1 saturated heterocycles. The smallest absolute Gasteiger partial charge is 0.328 e. The van der Waals surface area contributed by atoms with Gasteiger partial charge >= 0.3 is 5.97 Å². The highest BCUT2D eigenvalue weighted by Crippen LogP contribution is 2.17. The molecule has 6 heteroatoms. The molecule has 1 amide bonds. The Labute approximate surface area is 110 Å². The number of benzene rings is 1. The predicted molar refractivity (Wildman–Crippen MR) is 67.3 cm³/mol. The van der Waals surface area contributed by atoms with Gasteiger partial charge in [-0.2, -0.15) is 0 Å². The average Bonchev–Trinajstić information content (AvgIpc) is 2.46. The van der Waals surface area contributed by atoms with Gasteiger partial charge in [0, 0.05) is 6.54 Å². The maximum absolute atomic E-state index is 12.3. The Kier molecular flexibility index (Phi) is 4.13. The minimum atomic E-state index is -1.08. The van der Waals surface area contributed by atoms with E-state index in [0.717, 1.165) is 0 Å². The predicted octanol–water partition coefficient (Wildman–Crippen LogP) is -0.00160. The van der Waals surface area contributed by atoms with Crippen molar-refractivity contribution in [2.24, 2.45) is 5.73 Å². The normalized spacial score (nSPS) is 20.9. The van der Waals surface area contributed by atoms with Gasteiger partial charge in [-0.1, -0.05) is 30.3 Å². The van der Waals surface area contributed by atoms with Gasteiger partial charge in [0.05, 0.1) is 13.2 Å². The van der Waals surface area contributed by atoms with Crippen molar-refractivity contribution < 1.29 is 19.4 Å². The molecule has 1 aliphatic heterocycles. The molecule has 0 aromatic heterocycles. The molecular weight excluding hydrogens is 248 g/mol. The molecular formula is C13H16N2O4. The summed E-state index contributed by atoms with van der Waals surface area (Å²) in [6.45, 7) is 0.579. The molecule has 6 nitrogen and oxygen atoms in total. The molecule has 102 valence electrons. The van der Waals surface area contributed by atoms with Crippen molar-refractivity contribution in [1.82, 2.24) is 4.90 Å². The Hall–Kier alpha value is -1.92. The van der Waals surface area contributed by atoms with E-state index in [-0.39, 0.29) is 19.1 Å². The van der Waals surface area contributed by atoms with Gasteiger partial charge in [-0.15, -0.1) is 0 Å². The SMILES string of the molecule is NC(C(=O)N1CCOCC1C(=O)O)c1ccccc1. The van der Waals surface area contributed by atoms with Gasteiger partial charge in [0.2, 0.25) is 5.91 Å². The Morgan fingerprint density at radius 1 is 1.37 bits per heavy atom. The zero-order valence-corrected chi connectivity index (χ0v) is 10.4. The summed E-state index contributed by atoms with van der Waals surface area (Å²) in [4.78, 5) is 24.7. The van der Waals surface area contributed by atoms with Crippen LogP contribution in [0.4, 0.5) is 0 Å². The molecule has 1 fully saturated rings. The van der Waals surface area contributed by atoms with Gasteiger partial charge < -0.3 is 20.5 Å². The number of ether oxygens (including phenoxy) is 1. The van der Waals surface area contributed by atoms with E-state index in [9.17, 15) is 9.59 Å². The summed E-state index contributed by atoms with van der Waals surface area (Å²) in [5.41, 5.74) is 6.58. The van der Waals surface area contributed by atoms with Gasteiger partial charge in [-0.25, -0.2) is 4.79 Å². The molecule has 1 aromatic carbocycles. The Morgan fingerprint density at radius 2 is 2.05 bits per heavy atom. The highest BCUT2D eigenvalue weighted by Gasteiger charge is 2.35. The third-order valence-electron chi connectivity index (χ3n) is 3.12. The highest BCUT2D eigenvalue weighted by molar-refractivity contribution is 5.88. The largest absolute Gasteiger partial charge is 0.480 e. The molecule has 3 N–H and O–H groups in total. The molecule has 0 spiro atoms. The third kappa shape index (κ3) is 2.91. The van der Waals surface area contributed by atoms with Gasteiger partial charge in [-0.05, 0) is 5.56 Å². The molecule has 19 heavy (non-hydrogen) atoms. The topological polar surface area (TPSA) is 92.9 Å². The number of carbonyl (C=O) groups excluding carboxylic acids is 1. The Bertz CT molecular complexity index is 463. The molecule has 0 bridgehead atoms. The molecule has 1 aromatic rings. The first-order valence-corrected chi connectivity index (χ1v) is 6.03.